The molecule has 0 spiro atoms. The minimum atomic E-state index is 0.456. The monoisotopic (exact) mass is 198 g/mol. The molecule has 0 bridgehead atoms. The average Bonchev–Trinajstić information content (AvgIpc) is 2.09. The van der Waals surface area contributed by atoms with E-state index in [0.29, 0.717) is 11.5 Å². The Morgan fingerprint density at radius 1 is 1.29 bits per heavy atom. The van der Waals surface area contributed by atoms with Crippen LogP contribution in [0.5, 0.6) is 0 Å². The van der Waals surface area contributed by atoms with Crippen molar-refractivity contribution in [3.8, 4) is 0 Å². The molecule has 0 aromatic carbocycles. The molecule has 0 saturated heterocycles. The molecule has 1 rings (SSSR count). The molecule has 0 aromatic rings. The van der Waals surface area contributed by atoms with Gasteiger partial charge in [-0.05, 0) is 44.7 Å². The van der Waals surface area contributed by atoms with Gasteiger partial charge in [0, 0.05) is 12.6 Å². The third-order valence-corrected chi connectivity index (χ3v) is 4.09. The highest BCUT2D eigenvalue weighted by Crippen LogP contribution is 2.40. The van der Waals surface area contributed by atoms with E-state index in [-0.39, 0.29) is 0 Å². The molecule has 1 aliphatic rings. The molecule has 0 amide bonds. The van der Waals surface area contributed by atoms with E-state index in [1.165, 1.54) is 25.8 Å². The number of nitrogens with zero attached hydrogens (tertiary/aromatic N) is 1. The molecule has 0 heterocycles. The number of hydrogen-bond donors (Lipinski definition) is 1. The van der Waals surface area contributed by atoms with Gasteiger partial charge in [-0.3, -0.25) is 0 Å². The third kappa shape index (κ3) is 2.48. The highest BCUT2D eigenvalue weighted by atomic mass is 15.1. The molecule has 0 radical (unpaired) electrons. The Balaban J connectivity index is 2.42. The Kier molecular flexibility index (Phi) is 3.96. The van der Waals surface area contributed by atoms with Gasteiger partial charge >= 0.3 is 0 Å². The van der Waals surface area contributed by atoms with E-state index >= 15 is 0 Å². The maximum absolute atomic E-state index is 5.87. The van der Waals surface area contributed by atoms with Crippen LogP contribution in [-0.4, -0.2) is 31.1 Å². The Hall–Kier alpha value is -0.0800. The van der Waals surface area contributed by atoms with E-state index < -0.39 is 0 Å². The van der Waals surface area contributed by atoms with Gasteiger partial charge in [0.05, 0.1) is 0 Å². The van der Waals surface area contributed by atoms with E-state index in [0.717, 1.165) is 12.5 Å². The topological polar surface area (TPSA) is 29.3 Å². The van der Waals surface area contributed by atoms with Gasteiger partial charge in [0.2, 0.25) is 0 Å². The zero-order valence-electron chi connectivity index (χ0n) is 10.2. The van der Waals surface area contributed by atoms with Gasteiger partial charge < -0.3 is 10.6 Å². The number of hydrogen-bond acceptors (Lipinski definition) is 2. The van der Waals surface area contributed by atoms with Crippen molar-refractivity contribution in [2.75, 3.05) is 20.1 Å². The first kappa shape index (κ1) is 12.0. The van der Waals surface area contributed by atoms with Gasteiger partial charge in [-0.1, -0.05) is 20.3 Å². The Bertz CT molecular complexity index is 168. The van der Waals surface area contributed by atoms with E-state index in [9.17, 15) is 0 Å². The summed E-state index contributed by atoms with van der Waals surface area (Å²) in [5, 5.41) is 0. The van der Waals surface area contributed by atoms with Gasteiger partial charge in [-0.25, -0.2) is 0 Å². The highest BCUT2D eigenvalue weighted by molar-refractivity contribution is 4.91. The van der Waals surface area contributed by atoms with Gasteiger partial charge in [0.25, 0.3) is 0 Å². The Morgan fingerprint density at radius 2 is 1.86 bits per heavy atom. The van der Waals surface area contributed by atoms with Crippen LogP contribution in [0.1, 0.15) is 40.0 Å². The molecule has 0 aliphatic heterocycles. The predicted molar refractivity (Wildman–Crippen MR) is 62.3 cm³/mol. The second kappa shape index (κ2) is 4.63. The number of nitrogens with two attached hydrogens (primary N) is 1. The smallest absolute Gasteiger partial charge is 0.00871 e. The second-order valence-corrected chi connectivity index (χ2v) is 5.46. The summed E-state index contributed by atoms with van der Waals surface area (Å²) in [6.07, 6.45) is 4.04. The van der Waals surface area contributed by atoms with Crippen LogP contribution < -0.4 is 5.73 Å². The molecule has 2 heteroatoms. The second-order valence-electron chi connectivity index (χ2n) is 5.46. The first-order valence-corrected chi connectivity index (χ1v) is 5.91. The predicted octanol–water partition coefficient (Wildman–Crippen LogP) is 2.09. The first-order chi connectivity index (χ1) is 6.51. The van der Waals surface area contributed by atoms with Crippen molar-refractivity contribution in [2.45, 2.75) is 46.1 Å². The molecule has 1 unspecified atom stereocenters. The summed E-state index contributed by atoms with van der Waals surface area (Å²) in [7, 11) is 2.24. The van der Waals surface area contributed by atoms with Crippen LogP contribution in [0.25, 0.3) is 0 Å². The van der Waals surface area contributed by atoms with E-state index in [1.807, 2.05) is 0 Å². The summed E-state index contributed by atoms with van der Waals surface area (Å²) < 4.78 is 0. The summed E-state index contributed by atoms with van der Waals surface area (Å²) in [5.74, 6) is 0.731. The standard InChI is InChI=1S/C12H26N2/c1-10(2)11(3)14(4)9-12(8-13)6-5-7-12/h10-11H,5-9,13H2,1-4H3. The van der Waals surface area contributed by atoms with Crippen LogP contribution >= 0.6 is 0 Å². The summed E-state index contributed by atoms with van der Waals surface area (Å²) in [5.41, 5.74) is 6.32. The zero-order chi connectivity index (χ0) is 10.8. The molecule has 1 aliphatic carbocycles. The molecule has 2 nitrogen and oxygen atoms in total. The fourth-order valence-electron chi connectivity index (χ4n) is 2.29. The first-order valence-electron chi connectivity index (χ1n) is 5.91. The average molecular weight is 198 g/mol. The van der Waals surface area contributed by atoms with Crippen molar-refractivity contribution >= 4 is 0 Å². The van der Waals surface area contributed by atoms with Gasteiger partial charge in [0.15, 0.2) is 0 Å². The molecule has 1 saturated carbocycles. The van der Waals surface area contributed by atoms with Crippen LogP contribution in [0.3, 0.4) is 0 Å². The Morgan fingerprint density at radius 3 is 2.14 bits per heavy atom. The van der Waals surface area contributed by atoms with E-state index in [1.54, 1.807) is 0 Å². The quantitative estimate of drug-likeness (QED) is 0.733. The lowest BCUT2D eigenvalue weighted by molar-refractivity contribution is 0.0600. The van der Waals surface area contributed by atoms with Gasteiger partial charge in [0.1, 0.15) is 0 Å². The van der Waals surface area contributed by atoms with Crippen molar-refractivity contribution in [1.82, 2.24) is 4.90 Å². The molecule has 2 N–H and O–H groups in total. The van der Waals surface area contributed by atoms with Crippen LogP contribution in [0, 0.1) is 11.3 Å². The van der Waals surface area contributed by atoms with E-state index in [2.05, 4.69) is 32.7 Å². The minimum absolute atomic E-state index is 0.456. The molecule has 84 valence electrons. The third-order valence-electron chi connectivity index (χ3n) is 4.09. The Labute approximate surface area is 88.8 Å². The summed E-state index contributed by atoms with van der Waals surface area (Å²) >= 11 is 0. The minimum Gasteiger partial charge on any atom is -0.330 e. The molecular weight excluding hydrogens is 172 g/mol. The lowest BCUT2D eigenvalue weighted by atomic mass is 9.68. The lowest BCUT2D eigenvalue weighted by Gasteiger charge is -2.45. The zero-order valence-corrected chi connectivity index (χ0v) is 10.2. The maximum Gasteiger partial charge on any atom is 0.00871 e. The van der Waals surface area contributed by atoms with Gasteiger partial charge in [-0.2, -0.15) is 0 Å². The lowest BCUT2D eigenvalue weighted by Crippen LogP contribution is -2.49. The van der Waals surface area contributed by atoms with Crippen molar-refractivity contribution in [3.05, 3.63) is 0 Å². The normalized spacial score (nSPS) is 22.5. The van der Waals surface area contributed by atoms with Crippen LogP contribution in [0.4, 0.5) is 0 Å². The van der Waals surface area contributed by atoms with Crippen LogP contribution in [0.2, 0.25) is 0 Å². The fraction of sp³-hybridized carbons (Fsp3) is 1.00. The van der Waals surface area contributed by atoms with Crippen LogP contribution in [0.15, 0.2) is 0 Å². The van der Waals surface area contributed by atoms with Gasteiger partial charge in [-0.15, -0.1) is 0 Å². The van der Waals surface area contributed by atoms with Crippen molar-refractivity contribution in [1.29, 1.82) is 0 Å². The summed E-state index contributed by atoms with van der Waals surface area (Å²) in [6.45, 7) is 8.94. The van der Waals surface area contributed by atoms with Crippen molar-refractivity contribution in [3.63, 3.8) is 0 Å². The SMILES string of the molecule is CC(C)C(C)N(C)CC1(CN)CCC1. The fourth-order valence-corrected chi connectivity index (χ4v) is 2.29. The van der Waals surface area contributed by atoms with E-state index in [4.69, 9.17) is 5.73 Å². The van der Waals surface area contributed by atoms with Crippen molar-refractivity contribution < 1.29 is 0 Å². The summed E-state index contributed by atoms with van der Waals surface area (Å²) in [4.78, 5) is 2.48. The molecule has 14 heavy (non-hydrogen) atoms. The summed E-state index contributed by atoms with van der Waals surface area (Å²) in [6, 6.07) is 0.666. The van der Waals surface area contributed by atoms with Crippen LogP contribution in [-0.2, 0) is 0 Å². The molecular formula is C12H26N2. The molecule has 0 aromatic heterocycles. The molecule has 1 fully saturated rings. The molecule has 1 atom stereocenters. The van der Waals surface area contributed by atoms with Crippen molar-refractivity contribution in [2.24, 2.45) is 17.1 Å². The largest absolute Gasteiger partial charge is 0.330 e. The number of rotatable bonds is 5. The highest BCUT2D eigenvalue weighted by Gasteiger charge is 2.37. The maximum atomic E-state index is 5.87.